The molecule has 1 saturated heterocycles. The van der Waals surface area contributed by atoms with E-state index in [1.807, 2.05) is 54.3 Å². The minimum Gasteiger partial charge on any atom is -0.387 e. The summed E-state index contributed by atoms with van der Waals surface area (Å²) in [5.41, 5.74) is 16.0. The van der Waals surface area contributed by atoms with E-state index in [0.717, 1.165) is 42.6 Å². The van der Waals surface area contributed by atoms with Crippen molar-refractivity contribution in [3.05, 3.63) is 59.2 Å². The first-order chi connectivity index (χ1) is 16.9. The molecule has 3 amide bonds. The second-order valence-corrected chi connectivity index (χ2v) is 8.99. The number of primary amides is 1. The number of fused-ring (bicyclic) bond motifs is 1. The average molecular weight is 474 g/mol. The first-order valence-corrected chi connectivity index (χ1v) is 12.0. The third-order valence-corrected chi connectivity index (χ3v) is 6.26. The van der Waals surface area contributed by atoms with E-state index >= 15 is 0 Å². The lowest BCUT2D eigenvalue weighted by atomic mass is 9.99. The van der Waals surface area contributed by atoms with E-state index in [9.17, 15) is 14.4 Å². The van der Waals surface area contributed by atoms with Gasteiger partial charge in [0.05, 0.1) is 12.2 Å². The van der Waals surface area contributed by atoms with Crippen molar-refractivity contribution in [1.82, 2.24) is 9.80 Å². The van der Waals surface area contributed by atoms with Crippen LogP contribution in [-0.2, 0) is 9.59 Å². The average Bonchev–Trinajstić information content (AvgIpc) is 3.32. The number of benzene rings is 2. The van der Waals surface area contributed by atoms with E-state index in [0.29, 0.717) is 35.6 Å². The number of amides is 3. The zero-order valence-electron chi connectivity index (χ0n) is 20.0. The zero-order chi connectivity index (χ0) is 24.9. The van der Waals surface area contributed by atoms with Crippen LogP contribution in [0.15, 0.2) is 53.0 Å². The molecule has 8 heteroatoms. The molecule has 0 spiro atoms. The van der Waals surface area contributed by atoms with Gasteiger partial charge in [-0.05, 0) is 54.7 Å². The summed E-state index contributed by atoms with van der Waals surface area (Å²) < 4.78 is 0. The molecular weight excluding hydrogens is 442 g/mol. The largest absolute Gasteiger partial charge is 0.387 e. The molecule has 8 nitrogen and oxygen atoms in total. The highest BCUT2D eigenvalue weighted by atomic mass is 16.2. The Morgan fingerprint density at radius 2 is 1.71 bits per heavy atom. The first kappa shape index (κ1) is 24.2. The summed E-state index contributed by atoms with van der Waals surface area (Å²) in [5.74, 6) is -0.424. The Hall–Kier alpha value is -3.94. The third-order valence-electron chi connectivity index (χ3n) is 6.26. The fourth-order valence-electron chi connectivity index (χ4n) is 4.53. The molecule has 4 rings (SSSR count). The van der Waals surface area contributed by atoms with Crippen molar-refractivity contribution in [2.45, 2.75) is 32.6 Å². The lowest BCUT2D eigenvalue weighted by Gasteiger charge is -2.21. The number of rotatable bonds is 7. The van der Waals surface area contributed by atoms with Crippen LogP contribution in [0.1, 0.15) is 48.5 Å². The number of carbonyl (C=O) groups excluding carboxylic acids is 3. The Bertz CT molecular complexity index is 1190. The maximum atomic E-state index is 13.1. The van der Waals surface area contributed by atoms with Crippen molar-refractivity contribution in [2.24, 2.45) is 16.5 Å². The van der Waals surface area contributed by atoms with Crippen molar-refractivity contribution in [2.75, 3.05) is 26.2 Å². The Balaban J connectivity index is 1.59. The van der Waals surface area contributed by atoms with E-state index < -0.39 is 5.91 Å². The van der Waals surface area contributed by atoms with Gasteiger partial charge in [0.25, 0.3) is 11.8 Å². The van der Waals surface area contributed by atoms with Crippen LogP contribution < -0.4 is 11.5 Å². The summed E-state index contributed by atoms with van der Waals surface area (Å²) in [4.78, 5) is 45.1. The summed E-state index contributed by atoms with van der Waals surface area (Å²) in [5, 5.41) is 0. The highest BCUT2D eigenvalue weighted by Gasteiger charge is 2.23. The fourth-order valence-corrected chi connectivity index (χ4v) is 4.53. The van der Waals surface area contributed by atoms with Gasteiger partial charge in [-0.1, -0.05) is 31.2 Å². The molecule has 4 N–H and O–H groups in total. The second-order valence-electron chi connectivity index (χ2n) is 8.99. The number of amidine groups is 1. The smallest absolute Gasteiger partial charge is 0.253 e. The molecule has 0 atom stereocenters. The topological polar surface area (TPSA) is 122 Å². The monoisotopic (exact) mass is 473 g/mol. The van der Waals surface area contributed by atoms with Crippen LogP contribution >= 0.6 is 0 Å². The van der Waals surface area contributed by atoms with Crippen molar-refractivity contribution in [3.63, 3.8) is 0 Å². The minimum absolute atomic E-state index is 0.0733. The quantitative estimate of drug-likeness (QED) is 0.642. The van der Waals surface area contributed by atoms with Crippen molar-refractivity contribution >= 4 is 35.3 Å². The van der Waals surface area contributed by atoms with Gasteiger partial charge in [-0.2, -0.15) is 0 Å². The van der Waals surface area contributed by atoms with Gasteiger partial charge in [0.1, 0.15) is 5.84 Å². The van der Waals surface area contributed by atoms with Crippen molar-refractivity contribution in [1.29, 1.82) is 0 Å². The summed E-state index contributed by atoms with van der Waals surface area (Å²) in [6.07, 6.45) is 4.80. The van der Waals surface area contributed by atoms with Gasteiger partial charge in [0.2, 0.25) is 5.91 Å². The maximum absolute atomic E-state index is 13.1. The Morgan fingerprint density at radius 1 is 1.03 bits per heavy atom. The van der Waals surface area contributed by atoms with Crippen LogP contribution in [0.25, 0.3) is 17.2 Å². The highest BCUT2D eigenvalue weighted by Crippen LogP contribution is 2.32. The molecule has 0 bridgehead atoms. The fraction of sp³-hybridized carbons (Fsp3) is 0.333. The molecule has 2 aliphatic heterocycles. The van der Waals surface area contributed by atoms with Gasteiger partial charge in [-0.15, -0.1) is 0 Å². The van der Waals surface area contributed by atoms with Crippen LogP contribution in [0.3, 0.4) is 0 Å². The van der Waals surface area contributed by atoms with Crippen molar-refractivity contribution < 1.29 is 14.4 Å². The summed E-state index contributed by atoms with van der Waals surface area (Å²) in [6, 6.07) is 13.4. The first-order valence-electron chi connectivity index (χ1n) is 12.0. The van der Waals surface area contributed by atoms with E-state index in [2.05, 4.69) is 4.99 Å². The van der Waals surface area contributed by atoms with E-state index in [1.165, 1.54) is 4.90 Å². The number of nitrogens with two attached hydrogens (primary N) is 2. The van der Waals surface area contributed by atoms with Gasteiger partial charge >= 0.3 is 0 Å². The summed E-state index contributed by atoms with van der Waals surface area (Å²) in [7, 11) is 0. The summed E-state index contributed by atoms with van der Waals surface area (Å²) >= 11 is 0. The zero-order valence-corrected chi connectivity index (χ0v) is 20.0. The van der Waals surface area contributed by atoms with Crippen LogP contribution in [0.5, 0.6) is 0 Å². The molecule has 1 fully saturated rings. The lowest BCUT2D eigenvalue weighted by Crippen LogP contribution is -2.40. The Labute approximate surface area is 205 Å². The minimum atomic E-state index is -0.555. The number of likely N-dealkylation sites (tertiary alicyclic amines) is 1. The van der Waals surface area contributed by atoms with Gasteiger partial charge in [-0.3, -0.25) is 14.4 Å². The van der Waals surface area contributed by atoms with E-state index in [-0.39, 0.29) is 24.8 Å². The molecule has 0 aliphatic carbocycles. The number of hydrogen-bond donors (Lipinski definition) is 2. The number of nitrogens with zero attached hydrogens (tertiary/aromatic N) is 3. The third kappa shape index (κ3) is 5.59. The predicted molar refractivity (Wildman–Crippen MR) is 137 cm³/mol. The molecule has 182 valence electrons. The molecule has 35 heavy (non-hydrogen) atoms. The number of carbonyl (C=O) groups is 3. The number of aliphatic imine (C=N–C) groups is 1. The number of hydrogen-bond acceptors (Lipinski definition) is 5. The van der Waals surface area contributed by atoms with Crippen LogP contribution in [-0.4, -0.2) is 59.5 Å². The standard InChI is InChI=1S/C27H31N5O3/c1-2-11-32(17-25(29)33)27(35)22-14-21-10-9-20(15-23(21)30-24(28)16-22)18-5-7-19(8-6-18)26(34)31-12-3-4-13-31/h5-10,14-15H,2-4,11-13,16-17H2,1H3,(H2,28,30)(H2,29,33). The molecular formula is C27H31N5O3. The van der Waals surface area contributed by atoms with Crippen LogP contribution in [0.2, 0.25) is 0 Å². The maximum Gasteiger partial charge on any atom is 0.253 e. The lowest BCUT2D eigenvalue weighted by molar-refractivity contribution is -0.132. The second kappa shape index (κ2) is 10.5. The SMILES string of the molecule is CCCN(CC(N)=O)C(=O)C1=Cc2ccc(-c3ccc(C(=O)N4CCCC4)cc3)cc2N=C(N)C1. The van der Waals surface area contributed by atoms with Gasteiger partial charge in [-0.25, -0.2) is 4.99 Å². The summed E-state index contributed by atoms with van der Waals surface area (Å²) in [6.45, 7) is 3.87. The molecule has 0 unspecified atom stereocenters. The van der Waals surface area contributed by atoms with Gasteiger partial charge < -0.3 is 21.3 Å². The van der Waals surface area contributed by atoms with E-state index in [4.69, 9.17) is 11.5 Å². The molecule has 2 aromatic rings. The van der Waals surface area contributed by atoms with Crippen LogP contribution in [0.4, 0.5) is 5.69 Å². The molecule has 0 saturated carbocycles. The van der Waals surface area contributed by atoms with E-state index in [1.54, 1.807) is 6.08 Å². The van der Waals surface area contributed by atoms with Crippen molar-refractivity contribution in [3.8, 4) is 11.1 Å². The molecule has 2 aromatic carbocycles. The molecule has 2 aliphatic rings. The van der Waals surface area contributed by atoms with Gasteiger partial charge in [0.15, 0.2) is 0 Å². The highest BCUT2D eigenvalue weighted by molar-refractivity contribution is 6.06. The Morgan fingerprint density at radius 3 is 2.37 bits per heavy atom. The molecule has 2 heterocycles. The Kier molecular flexibility index (Phi) is 7.29. The normalized spacial score (nSPS) is 15.1. The molecule has 0 aromatic heterocycles. The predicted octanol–water partition coefficient (Wildman–Crippen LogP) is 3.09. The van der Waals surface area contributed by atoms with Gasteiger partial charge in [0, 0.05) is 42.8 Å². The van der Waals surface area contributed by atoms with Crippen LogP contribution in [0, 0.1) is 0 Å². The molecule has 0 radical (unpaired) electrons.